The molecule has 1 amide bonds. The van der Waals surface area contributed by atoms with Gasteiger partial charge in [0.15, 0.2) is 5.56 Å². The van der Waals surface area contributed by atoms with Gasteiger partial charge in [-0.15, -0.1) is 10.2 Å². The van der Waals surface area contributed by atoms with Crippen LogP contribution in [-0.2, 0) is 6.42 Å². The van der Waals surface area contributed by atoms with Crippen molar-refractivity contribution in [3.8, 4) is 5.75 Å². The highest BCUT2D eigenvalue weighted by Gasteiger charge is 2.22. The Hall–Kier alpha value is -3.52. The molecule has 0 saturated carbocycles. The molecule has 7 nitrogen and oxygen atoms in total. The zero-order chi connectivity index (χ0) is 18.8. The van der Waals surface area contributed by atoms with Crippen LogP contribution in [0.3, 0.4) is 0 Å². The van der Waals surface area contributed by atoms with Gasteiger partial charge in [0.2, 0.25) is 5.13 Å². The summed E-state index contributed by atoms with van der Waals surface area (Å²) in [4.78, 5) is 24.6. The lowest BCUT2D eigenvalue weighted by atomic mass is 10.1. The SMILES string of the molecule is O=C(Nc1nnc(Cc2ccccc2)s1)c1c(O)c2ccccc2oc1=O. The minimum atomic E-state index is -0.919. The van der Waals surface area contributed by atoms with E-state index >= 15 is 0 Å². The molecular formula is C19H13N3O4S. The topological polar surface area (TPSA) is 105 Å². The molecule has 0 aliphatic heterocycles. The van der Waals surface area contributed by atoms with Gasteiger partial charge >= 0.3 is 5.63 Å². The molecule has 2 aromatic carbocycles. The van der Waals surface area contributed by atoms with E-state index in [-0.39, 0.29) is 16.1 Å². The molecule has 0 bridgehead atoms. The zero-order valence-electron chi connectivity index (χ0n) is 13.9. The highest BCUT2D eigenvalue weighted by atomic mass is 32.1. The number of amides is 1. The summed E-state index contributed by atoms with van der Waals surface area (Å²) >= 11 is 1.20. The lowest BCUT2D eigenvalue weighted by Gasteiger charge is -2.05. The molecule has 8 heteroatoms. The number of para-hydroxylation sites is 1. The van der Waals surface area contributed by atoms with Crippen LogP contribution in [-0.4, -0.2) is 21.2 Å². The third kappa shape index (κ3) is 3.42. The van der Waals surface area contributed by atoms with Crippen LogP contribution in [0.2, 0.25) is 0 Å². The largest absolute Gasteiger partial charge is 0.506 e. The maximum atomic E-state index is 12.5. The van der Waals surface area contributed by atoms with E-state index in [1.165, 1.54) is 11.3 Å². The van der Waals surface area contributed by atoms with Gasteiger partial charge < -0.3 is 9.52 Å². The molecule has 0 radical (unpaired) electrons. The van der Waals surface area contributed by atoms with Crippen LogP contribution in [0.15, 0.2) is 63.8 Å². The molecule has 2 heterocycles. The molecule has 134 valence electrons. The monoisotopic (exact) mass is 379 g/mol. The zero-order valence-corrected chi connectivity index (χ0v) is 14.7. The first kappa shape index (κ1) is 16.9. The summed E-state index contributed by atoms with van der Waals surface area (Å²) in [6.45, 7) is 0. The number of fused-ring (bicyclic) bond motifs is 1. The van der Waals surface area contributed by atoms with Crippen molar-refractivity contribution < 1.29 is 14.3 Å². The molecule has 2 N–H and O–H groups in total. The number of hydrogen-bond donors (Lipinski definition) is 2. The van der Waals surface area contributed by atoms with Crippen LogP contribution in [0.1, 0.15) is 20.9 Å². The van der Waals surface area contributed by atoms with Crippen molar-refractivity contribution in [2.45, 2.75) is 6.42 Å². The van der Waals surface area contributed by atoms with Crippen LogP contribution in [0.5, 0.6) is 5.75 Å². The summed E-state index contributed by atoms with van der Waals surface area (Å²) in [6.07, 6.45) is 0.581. The summed E-state index contributed by atoms with van der Waals surface area (Å²) in [5, 5.41) is 22.0. The van der Waals surface area contributed by atoms with Crippen molar-refractivity contribution >= 4 is 33.3 Å². The van der Waals surface area contributed by atoms with E-state index in [0.29, 0.717) is 11.4 Å². The number of aromatic nitrogens is 2. The molecule has 27 heavy (non-hydrogen) atoms. The maximum absolute atomic E-state index is 12.5. The smallest absolute Gasteiger partial charge is 0.353 e. The molecule has 0 aliphatic rings. The Morgan fingerprint density at radius 1 is 1.07 bits per heavy atom. The second-order valence-electron chi connectivity index (χ2n) is 5.73. The first-order valence-corrected chi connectivity index (χ1v) is 8.86. The number of hydrogen-bond acceptors (Lipinski definition) is 7. The van der Waals surface area contributed by atoms with Crippen LogP contribution >= 0.6 is 11.3 Å². The standard InChI is InChI=1S/C19H13N3O4S/c23-16-12-8-4-5-9-13(12)26-18(25)15(16)17(24)20-19-22-21-14(27-19)10-11-6-2-1-3-7-11/h1-9,23H,10H2,(H,20,22,24). The summed E-state index contributed by atoms with van der Waals surface area (Å²) in [5.74, 6) is -1.22. The Bertz CT molecular complexity index is 1180. The molecule has 2 aromatic heterocycles. The number of nitrogens with zero attached hydrogens (tertiary/aromatic N) is 2. The molecule has 0 spiro atoms. The third-order valence-electron chi connectivity index (χ3n) is 3.90. The van der Waals surface area contributed by atoms with Crippen LogP contribution in [0.4, 0.5) is 5.13 Å². The van der Waals surface area contributed by atoms with Crippen LogP contribution in [0.25, 0.3) is 11.0 Å². The van der Waals surface area contributed by atoms with E-state index in [4.69, 9.17) is 4.42 Å². The highest BCUT2D eigenvalue weighted by molar-refractivity contribution is 7.15. The van der Waals surface area contributed by atoms with Gasteiger partial charge in [0.1, 0.15) is 16.3 Å². The first-order chi connectivity index (χ1) is 13.1. The summed E-state index contributed by atoms with van der Waals surface area (Å²) < 4.78 is 5.11. The van der Waals surface area contributed by atoms with Gasteiger partial charge in [0.25, 0.3) is 5.91 Å². The molecule has 0 saturated heterocycles. The molecule has 4 aromatic rings. The van der Waals surface area contributed by atoms with E-state index in [2.05, 4.69) is 15.5 Å². The number of rotatable bonds is 4. The second kappa shape index (κ2) is 7.00. The number of anilines is 1. The Balaban J connectivity index is 1.58. The van der Waals surface area contributed by atoms with Crippen molar-refractivity contribution in [1.29, 1.82) is 0 Å². The van der Waals surface area contributed by atoms with Gasteiger partial charge in [-0.25, -0.2) is 4.79 Å². The molecule has 0 fully saturated rings. The number of nitrogens with one attached hydrogen (secondary N) is 1. The van der Waals surface area contributed by atoms with Crippen molar-refractivity contribution in [1.82, 2.24) is 10.2 Å². The van der Waals surface area contributed by atoms with Crippen molar-refractivity contribution in [3.05, 3.63) is 81.2 Å². The van der Waals surface area contributed by atoms with E-state index in [0.717, 1.165) is 5.56 Å². The van der Waals surface area contributed by atoms with E-state index < -0.39 is 22.8 Å². The minimum Gasteiger partial charge on any atom is -0.506 e. The Morgan fingerprint density at radius 3 is 2.63 bits per heavy atom. The van der Waals surface area contributed by atoms with Gasteiger partial charge in [0, 0.05) is 6.42 Å². The third-order valence-corrected chi connectivity index (χ3v) is 4.74. The fraction of sp³-hybridized carbons (Fsp3) is 0.0526. The Labute approximate surface area is 156 Å². The van der Waals surface area contributed by atoms with Gasteiger partial charge in [-0.05, 0) is 17.7 Å². The van der Waals surface area contributed by atoms with E-state index in [9.17, 15) is 14.7 Å². The fourth-order valence-electron chi connectivity index (χ4n) is 2.64. The maximum Gasteiger partial charge on any atom is 0.353 e. The van der Waals surface area contributed by atoms with Gasteiger partial charge in [-0.3, -0.25) is 10.1 Å². The highest BCUT2D eigenvalue weighted by Crippen LogP contribution is 2.27. The summed E-state index contributed by atoms with van der Waals surface area (Å²) in [7, 11) is 0. The van der Waals surface area contributed by atoms with Crippen LogP contribution < -0.4 is 10.9 Å². The first-order valence-electron chi connectivity index (χ1n) is 8.04. The fourth-order valence-corrected chi connectivity index (χ4v) is 3.41. The van der Waals surface area contributed by atoms with Crippen molar-refractivity contribution in [2.24, 2.45) is 0 Å². The van der Waals surface area contributed by atoms with Crippen LogP contribution in [0, 0.1) is 0 Å². The number of carbonyl (C=O) groups is 1. The lowest BCUT2D eigenvalue weighted by molar-refractivity contribution is 0.102. The normalized spacial score (nSPS) is 10.8. The minimum absolute atomic E-state index is 0.206. The number of benzene rings is 2. The predicted octanol–water partition coefficient (Wildman–Crippen LogP) is 3.19. The Morgan fingerprint density at radius 2 is 1.81 bits per heavy atom. The number of carbonyl (C=O) groups excluding carboxylic acids is 1. The quantitative estimate of drug-likeness (QED) is 0.528. The average molecular weight is 379 g/mol. The predicted molar refractivity (Wildman–Crippen MR) is 101 cm³/mol. The molecular weight excluding hydrogens is 366 g/mol. The molecule has 0 unspecified atom stereocenters. The second-order valence-corrected chi connectivity index (χ2v) is 6.79. The molecule has 4 rings (SSSR count). The summed E-state index contributed by atoms with van der Waals surface area (Å²) in [5.41, 5.74) is -0.108. The molecule has 0 atom stereocenters. The Kier molecular flexibility index (Phi) is 4.39. The van der Waals surface area contributed by atoms with Crippen molar-refractivity contribution in [3.63, 3.8) is 0 Å². The van der Waals surface area contributed by atoms with Crippen molar-refractivity contribution in [2.75, 3.05) is 5.32 Å². The van der Waals surface area contributed by atoms with E-state index in [1.54, 1.807) is 24.3 Å². The number of aromatic hydroxyl groups is 1. The molecule has 0 aliphatic carbocycles. The van der Waals surface area contributed by atoms with Gasteiger partial charge in [-0.1, -0.05) is 53.8 Å². The van der Waals surface area contributed by atoms with E-state index in [1.807, 2.05) is 30.3 Å². The summed E-state index contributed by atoms with van der Waals surface area (Å²) in [6, 6.07) is 16.2. The van der Waals surface area contributed by atoms with Gasteiger partial charge in [-0.2, -0.15) is 0 Å². The van der Waals surface area contributed by atoms with Gasteiger partial charge in [0.05, 0.1) is 5.39 Å². The lowest BCUT2D eigenvalue weighted by Crippen LogP contribution is -2.21. The average Bonchev–Trinajstić information content (AvgIpc) is 3.09.